The van der Waals surface area contributed by atoms with Gasteiger partial charge >= 0.3 is 0 Å². The third-order valence-corrected chi connectivity index (χ3v) is 8.55. The van der Waals surface area contributed by atoms with Gasteiger partial charge in [0.05, 0.1) is 38.2 Å². The first-order chi connectivity index (χ1) is 16.4. The number of halogens is 2. The number of hydrogen-bond donors (Lipinski definition) is 1. The second kappa shape index (κ2) is 9.63. The first-order valence-corrected chi connectivity index (χ1v) is 13.4. The van der Waals surface area contributed by atoms with Crippen LogP contribution in [0, 0.1) is 0 Å². The maximum atomic E-state index is 12.7. The van der Waals surface area contributed by atoms with E-state index in [0.717, 1.165) is 29.0 Å². The van der Waals surface area contributed by atoms with E-state index in [4.69, 9.17) is 37.3 Å². The molecule has 0 spiro atoms. The molecule has 0 unspecified atom stereocenters. The molecule has 0 bridgehead atoms. The molecule has 4 heterocycles. The topological polar surface area (TPSA) is 107 Å². The molecule has 8 nitrogen and oxygen atoms in total. The monoisotopic (exact) mass is 536 g/mol. The fraction of sp³-hybridized carbons (Fsp3) is 0.227. The molecule has 0 amide bonds. The van der Waals surface area contributed by atoms with E-state index in [1.54, 1.807) is 30.5 Å². The smallest absolute Gasteiger partial charge is 0.265 e. The molecule has 1 N–H and O–H groups in total. The summed E-state index contributed by atoms with van der Waals surface area (Å²) in [6, 6.07) is 8.23. The highest BCUT2D eigenvalue weighted by Gasteiger charge is 2.26. The minimum absolute atomic E-state index is 0.000693. The predicted octanol–water partition coefficient (Wildman–Crippen LogP) is 5.86. The van der Waals surface area contributed by atoms with E-state index >= 15 is 0 Å². The number of nitrogens with one attached hydrogen (secondary N) is 1. The van der Waals surface area contributed by atoms with Crippen LogP contribution in [-0.4, -0.2) is 36.6 Å². The first-order valence-electron chi connectivity index (χ1n) is 10.3. The van der Waals surface area contributed by atoms with Crippen molar-refractivity contribution < 1.29 is 17.6 Å². The van der Waals surface area contributed by atoms with Gasteiger partial charge in [-0.3, -0.25) is 4.72 Å². The number of benzene rings is 1. The van der Waals surface area contributed by atoms with Crippen molar-refractivity contribution in [3.8, 4) is 21.8 Å². The maximum Gasteiger partial charge on any atom is 0.265 e. The van der Waals surface area contributed by atoms with Crippen molar-refractivity contribution in [2.24, 2.45) is 0 Å². The van der Waals surface area contributed by atoms with E-state index in [2.05, 4.69) is 14.7 Å². The molecule has 0 saturated carbocycles. The van der Waals surface area contributed by atoms with Crippen LogP contribution >= 0.6 is 34.5 Å². The molecule has 1 saturated heterocycles. The van der Waals surface area contributed by atoms with Gasteiger partial charge in [-0.1, -0.05) is 23.7 Å². The van der Waals surface area contributed by atoms with Crippen molar-refractivity contribution in [1.29, 1.82) is 0 Å². The van der Waals surface area contributed by atoms with Gasteiger partial charge in [-0.2, -0.15) is 0 Å². The van der Waals surface area contributed by atoms with Crippen LogP contribution in [0.5, 0.6) is 0 Å². The predicted molar refractivity (Wildman–Crippen MR) is 131 cm³/mol. The molecule has 0 aliphatic carbocycles. The lowest BCUT2D eigenvalue weighted by Gasteiger charge is -2.19. The van der Waals surface area contributed by atoms with E-state index < -0.39 is 10.0 Å². The largest absolute Gasteiger partial charge is 0.471 e. The molecular formula is C22H18Cl2N4O4S2. The molecule has 1 aliphatic rings. The minimum Gasteiger partial charge on any atom is -0.471 e. The lowest BCUT2D eigenvalue weighted by molar-refractivity contribution is 0.0853. The fourth-order valence-corrected chi connectivity index (χ4v) is 6.36. The van der Waals surface area contributed by atoms with E-state index in [1.807, 2.05) is 0 Å². The summed E-state index contributed by atoms with van der Waals surface area (Å²) in [5.41, 5.74) is 2.03. The Kier molecular flexibility index (Phi) is 6.59. The summed E-state index contributed by atoms with van der Waals surface area (Å²) in [6.45, 7) is 1.36. The van der Waals surface area contributed by atoms with Crippen molar-refractivity contribution in [3.05, 3.63) is 64.4 Å². The zero-order valence-electron chi connectivity index (χ0n) is 17.6. The Morgan fingerprint density at radius 1 is 1.09 bits per heavy atom. The van der Waals surface area contributed by atoms with Gasteiger partial charge in [-0.05, 0) is 42.6 Å². The van der Waals surface area contributed by atoms with Crippen LogP contribution in [0.4, 0.5) is 5.69 Å². The summed E-state index contributed by atoms with van der Waals surface area (Å²) in [7, 11) is -3.87. The Bertz CT molecular complexity index is 1420. The van der Waals surface area contributed by atoms with E-state index in [9.17, 15) is 8.42 Å². The van der Waals surface area contributed by atoms with Crippen LogP contribution in [0.25, 0.3) is 21.8 Å². The normalized spacial score (nSPS) is 14.9. The number of rotatable bonds is 6. The van der Waals surface area contributed by atoms with Crippen molar-refractivity contribution in [1.82, 2.24) is 15.0 Å². The number of thiazole rings is 1. The number of furan rings is 1. The number of ether oxygens (including phenoxy) is 1. The Balaban J connectivity index is 1.60. The van der Waals surface area contributed by atoms with Gasteiger partial charge in [0.15, 0.2) is 0 Å². The SMILES string of the molecule is O=S(=O)(Nc1cccc(-c2nc(C3CCOCC3)sc2-c2ccnc(Cl)n2)c1Cl)c1ccoc1. The average molecular weight is 537 g/mol. The number of sulfonamides is 1. The van der Waals surface area contributed by atoms with Crippen LogP contribution in [-0.2, 0) is 14.8 Å². The van der Waals surface area contributed by atoms with Gasteiger partial charge in [-0.25, -0.2) is 23.4 Å². The molecule has 34 heavy (non-hydrogen) atoms. The molecule has 1 aliphatic heterocycles. The lowest BCUT2D eigenvalue weighted by atomic mass is 10.0. The Hall–Kier alpha value is -2.50. The molecule has 12 heteroatoms. The Morgan fingerprint density at radius 2 is 1.91 bits per heavy atom. The van der Waals surface area contributed by atoms with Gasteiger partial charge in [-0.15, -0.1) is 11.3 Å². The highest BCUT2D eigenvalue weighted by molar-refractivity contribution is 7.92. The minimum atomic E-state index is -3.87. The van der Waals surface area contributed by atoms with Gasteiger partial charge in [0.25, 0.3) is 10.0 Å². The lowest BCUT2D eigenvalue weighted by Crippen LogP contribution is -2.13. The zero-order chi connectivity index (χ0) is 23.7. The molecule has 0 radical (unpaired) electrons. The summed E-state index contributed by atoms with van der Waals surface area (Å²) in [6.07, 6.45) is 5.76. The van der Waals surface area contributed by atoms with Crippen LogP contribution in [0.15, 0.2) is 58.4 Å². The van der Waals surface area contributed by atoms with Crippen LogP contribution in [0.2, 0.25) is 10.3 Å². The highest BCUT2D eigenvalue weighted by atomic mass is 35.5. The second-order valence-electron chi connectivity index (χ2n) is 7.56. The Morgan fingerprint density at radius 3 is 2.65 bits per heavy atom. The van der Waals surface area contributed by atoms with Gasteiger partial charge in [0.1, 0.15) is 11.2 Å². The molecule has 0 atom stereocenters. The first kappa shape index (κ1) is 23.3. The summed E-state index contributed by atoms with van der Waals surface area (Å²) >= 11 is 14.3. The van der Waals surface area contributed by atoms with Crippen LogP contribution in [0.1, 0.15) is 23.8 Å². The van der Waals surface area contributed by atoms with Crippen molar-refractivity contribution in [2.75, 3.05) is 17.9 Å². The van der Waals surface area contributed by atoms with Crippen molar-refractivity contribution >= 4 is 50.2 Å². The fourth-order valence-electron chi connectivity index (χ4n) is 3.68. The number of hydrogen-bond acceptors (Lipinski definition) is 8. The van der Waals surface area contributed by atoms with Gasteiger partial charge < -0.3 is 9.15 Å². The summed E-state index contributed by atoms with van der Waals surface area (Å²) in [4.78, 5) is 14.1. The maximum absolute atomic E-state index is 12.7. The molecule has 176 valence electrons. The van der Waals surface area contributed by atoms with Crippen molar-refractivity contribution in [3.63, 3.8) is 0 Å². The molecule has 5 rings (SSSR count). The van der Waals surface area contributed by atoms with Crippen molar-refractivity contribution in [2.45, 2.75) is 23.7 Å². The Labute approximate surface area is 210 Å². The number of aromatic nitrogens is 3. The number of anilines is 1. The number of nitrogens with zero attached hydrogens (tertiary/aromatic N) is 3. The standard InChI is InChI=1S/C22H18Cl2N4O4S2/c23-18-15(2-1-3-16(18)28-34(29,30)14-7-11-32-12-14)19-20(17-4-8-25-22(24)26-17)33-21(27-19)13-5-9-31-10-6-13/h1-4,7-8,11-13,28H,5-6,9-10H2. The second-order valence-corrected chi connectivity index (χ2v) is 11.0. The van der Waals surface area contributed by atoms with Crippen LogP contribution < -0.4 is 4.72 Å². The third-order valence-electron chi connectivity index (χ3n) is 5.38. The molecule has 4 aromatic rings. The zero-order valence-corrected chi connectivity index (χ0v) is 20.7. The van der Waals surface area contributed by atoms with Gasteiger partial charge in [0, 0.05) is 30.9 Å². The summed E-state index contributed by atoms with van der Waals surface area (Å²) in [5.74, 6) is 0.255. The van der Waals surface area contributed by atoms with E-state index in [1.165, 1.54) is 23.7 Å². The molecular weight excluding hydrogens is 519 g/mol. The molecule has 3 aromatic heterocycles. The third kappa shape index (κ3) is 4.69. The molecule has 1 fully saturated rings. The highest BCUT2D eigenvalue weighted by Crippen LogP contribution is 2.44. The van der Waals surface area contributed by atoms with Crippen LogP contribution in [0.3, 0.4) is 0 Å². The van der Waals surface area contributed by atoms with E-state index in [0.29, 0.717) is 30.2 Å². The quantitative estimate of drug-likeness (QED) is 0.307. The average Bonchev–Trinajstić information content (AvgIpc) is 3.52. The van der Waals surface area contributed by atoms with Gasteiger partial charge in [0.2, 0.25) is 5.28 Å². The summed E-state index contributed by atoms with van der Waals surface area (Å²) in [5, 5.41) is 1.29. The van der Waals surface area contributed by atoms with E-state index in [-0.39, 0.29) is 26.8 Å². The molecule has 1 aromatic carbocycles. The summed E-state index contributed by atoms with van der Waals surface area (Å²) < 4.78 is 38.4.